The summed E-state index contributed by atoms with van der Waals surface area (Å²) < 4.78 is 11.9. The highest BCUT2D eigenvalue weighted by atomic mass is 16.5. The molecule has 6 rings (SSSR count). The molecular weight excluding hydrogens is 430 g/mol. The number of hydrogen-bond donors (Lipinski definition) is 0. The van der Waals surface area contributed by atoms with Gasteiger partial charge in [-0.25, -0.2) is 9.97 Å². The van der Waals surface area contributed by atoms with Gasteiger partial charge in [0.1, 0.15) is 17.1 Å². The molecule has 5 aromatic rings. The van der Waals surface area contributed by atoms with Crippen molar-refractivity contribution in [2.24, 2.45) is 0 Å². The summed E-state index contributed by atoms with van der Waals surface area (Å²) in [7, 11) is 0. The van der Waals surface area contributed by atoms with Gasteiger partial charge in [0.25, 0.3) is 5.91 Å². The Morgan fingerprint density at radius 2 is 1.53 bits per heavy atom. The summed E-state index contributed by atoms with van der Waals surface area (Å²) in [6.07, 6.45) is 3.10. The van der Waals surface area contributed by atoms with E-state index in [-0.39, 0.29) is 22.7 Å². The first kappa shape index (κ1) is 19.9. The van der Waals surface area contributed by atoms with Gasteiger partial charge in [-0.3, -0.25) is 14.5 Å². The van der Waals surface area contributed by atoms with Gasteiger partial charge in [0.15, 0.2) is 5.43 Å². The summed E-state index contributed by atoms with van der Waals surface area (Å²) >= 11 is 0. The van der Waals surface area contributed by atoms with Crippen LogP contribution in [0.15, 0.2) is 107 Å². The summed E-state index contributed by atoms with van der Waals surface area (Å²) in [4.78, 5) is 37.1. The first-order valence-electron chi connectivity index (χ1n) is 10.7. The van der Waals surface area contributed by atoms with E-state index in [1.807, 2.05) is 54.6 Å². The van der Waals surface area contributed by atoms with Gasteiger partial charge >= 0.3 is 0 Å². The summed E-state index contributed by atoms with van der Waals surface area (Å²) in [6.45, 7) is 0. The molecule has 1 aliphatic heterocycles. The fourth-order valence-electron chi connectivity index (χ4n) is 4.23. The topological polar surface area (TPSA) is 85.5 Å². The Bertz CT molecular complexity index is 1580. The predicted octanol–water partition coefficient (Wildman–Crippen LogP) is 5.13. The molecular formula is C27H17N3O4. The lowest BCUT2D eigenvalue weighted by molar-refractivity contribution is 0.0969. The maximum atomic E-state index is 13.6. The molecule has 0 saturated carbocycles. The minimum absolute atomic E-state index is 0.00414. The highest BCUT2D eigenvalue weighted by Gasteiger charge is 2.45. The number of anilines is 1. The first-order valence-corrected chi connectivity index (χ1v) is 10.7. The van der Waals surface area contributed by atoms with Crippen LogP contribution in [0, 0.1) is 0 Å². The van der Waals surface area contributed by atoms with Crippen LogP contribution in [0.2, 0.25) is 0 Å². The second kappa shape index (κ2) is 7.97. The third-order valence-electron chi connectivity index (χ3n) is 5.70. The standard InChI is InChI=1S/C27H17N3O4/c31-24-20-12-4-5-13-21(20)34-25-22(24)23(30(26(25)32)27-28-14-7-15-29-27)17-8-6-11-19(16-17)33-18-9-2-1-3-10-18/h1-16,23H. The third kappa shape index (κ3) is 3.22. The minimum Gasteiger partial charge on any atom is -0.457 e. The molecule has 0 bridgehead atoms. The van der Waals surface area contributed by atoms with E-state index in [4.69, 9.17) is 9.15 Å². The van der Waals surface area contributed by atoms with Crippen molar-refractivity contribution in [1.82, 2.24) is 9.97 Å². The SMILES string of the molecule is O=C1c2oc3ccccc3c(=O)c2C(c2cccc(Oc3ccccc3)c2)N1c1ncccn1. The number of hydrogen-bond acceptors (Lipinski definition) is 6. The van der Waals surface area contributed by atoms with E-state index in [1.165, 1.54) is 4.90 Å². The second-order valence-corrected chi connectivity index (χ2v) is 7.78. The lowest BCUT2D eigenvalue weighted by Gasteiger charge is -2.23. The highest BCUT2D eigenvalue weighted by Crippen LogP contribution is 2.40. The van der Waals surface area contributed by atoms with E-state index < -0.39 is 11.9 Å². The molecule has 0 N–H and O–H groups in total. The number of benzene rings is 3. The van der Waals surface area contributed by atoms with Gasteiger partial charge in [-0.05, 0) is 48.0 Å². The van der Waals surface area contributed by atoms with Crippen molar-refractivity contribution in [3.63, 3.8) is 0 Å². The van der Waals surface area contributed by atoms with Crippen molar-refractivity contribution in [2.45, 2.75) is 6.04 Å². The van der Waals surface area contributed by atoms with Crippen molar-refractivity contribution in [2.75, 3.05) is 4.90 Å². The van der Waals surface area contributed by atoms with E-state index in [0.29, 0.717) is 28.0 Å². The molecule has 7 heteroatoms. The molecule has 164 valence electrons. The first-order chi connectivity index (χ1) is 16.7. The zero-order valence-electron chi connectivity index (χ0n) is 17.8. The van der Waals surface area contributed by atoms with Gasteiger partial charge < -0.3 is 9.15 Å². The number of carbonyl (C=O) groups excluding carboxylic acids is 1. The number of aromatic nitrogens is 2. The zero-order valence-corrected chi connectivity index (χ0v) is 17.8. The molecule has 0 saturated heterocycles. The molecule has 1 amide bonds. The third-order valence-corrected chi connectivity index (χ3v) is 5.70. The van der Waals surface area contributed by atoms with Crippen molar-refractivity contribution in [3.05, 3.63) is 124 Å². The Labute approximate surface area is 193 Å². The lowest BCUT2D eigenvalue weighted by atomic mass is 9.98. The molecule has 0 fully saturated rings. The number of carbonyl (C=O) groups is 1. The monoisotopic (exact) mass is 447 g/mol. The molecule has 2 aromatic heterocycles. The largest absolute Gasteiger partial charge is 0.457 e. The Balaban J connectivity index is 1.55. The van der Waals surface area contributed by atoms with Crippen LogP contribution < -0.4 is 15.1 Å². The Hall–Kier alpha value is -4.78. The molecule has 34 heavy (non-hydrogen) atoms. The van der Waals surface area contributed by atoms with Gasteiger partial charge in [-0.2, -0.15) is 0 Å². The summed E-state index contributed by atoms with van der Waals surface area (Å²) in [5.41, 5.74) is 1.03. The Morgan fingerprint density at radius 1 is 0.794 bits per heavy atom. The number of ether oxygens (including phenoxy) is 1. The Morgan fingerprint density at radius 3 is 2.35 bits per heavy atom. The number of fused-ring (bicyclic) bond motifs is 2. The van der Waals surface area contributed by atoms with E-state index in [0.717, 1.165) is 0 Å². The summed E-state index contributed by atoms with van der Waals surface area (Å²) in [5, 5.41) is 0.409. The normalized spacial score (nSPS) is 14.9. The van der Waals surface area contributed by atoms with E-state index in [1.54, 1.807) is 42.7 Å². The maximum Gasteiger partial charge on any atom is 0.297 e. The van der Waals surface area contributed by atoms with Crippen molar-refractivity contribution < 1.29 is 13.9 Å². The predicted molar refractivity (Wildman–Crippen MR) is 126 cm³/mol. The Kier molecular flexibility index (Phi) is 4.66. The summed E-state index contributed by atoms with van der Waals surface area (Å²) in [6, 6.07) is 24.5. The zero-order chi connectivity index (χ0) is 23.1. The van der Waals surface area contributed by atoms with Gasteiger partial charge in [-0.1, -0.05) is 42.5 Å². The van der Waals surface area contributed by atoms with Gasteiger partial charge in [0, 0.05) is 12.4 Å². The number of amides is 1. The molecule has 0 spiro atoms. The van der Waals surface area contributed by atoms with E-state index in [2.05, 4.69) is 9.97 Å². The average Bonchev–Trinajstić information content (AvgIpc) is 3.18. The van der Waals surface area contributed by atoms with E-state index >= 15 is 0 Å². The molecule has 0 aliphatic carbocycles. The quantitative estimate of drug-likeness (QED) is 0.380. The average molecular weight is 447 g/mol. The molecule has 3 heterocycles. The van der Waals surface area contributed by atoms with Crippen LogP contribution in [-0.2, 0) is 0 Å². The number of para-hydroxylation sites is 2. The fourth-order valence-corrected chi connectivity index (χ4v) is 4.23. The fraction of sp³-hybridized carbons (Fsp3) is 0.0370. The summed E-state index contributed by atoms with van der Waals surface area (Å²) in [5.74, 6) is 0.959. The molecule has 1 unspecified atom stereocenters. The van der Waals surface area contributed by atoms with Crippen LogP contribution in [0.1, 0.15) is 27.7 Å². The van der Waals surface area contributed by atoms with Gasteiger partial charge in [0.05, 0.1) is 17.0 Å². The molecule has 0 radical (unpaired) electrons. The van der Waals surface area contributed by atoms with Crippen LogP contribution in [0.25, 0.3) is 11.0 Å². The van der Waals surface area contributed by atoms with Crippen molar-refractivity contribution >= 4 is 22.8 Å². The highest BCUT2D eigenvalue weighted by molar-refractivity contribution is 6.09. The number of nitrogens with zero attached hydrogens (tertiary/aromatic N) is 3. The van der Waals surface area contributed by atoms with Crippen LogP contribution in [-0.4, -0.2) is 15.9 Å². The van der Waals surface area contributed by atoms with Gasteiger partial charge in [-0.15, -0.1) is 0 Å². The van der Waals surface area contributed by atoms with Crippen molar-refractivity contribution in [1.29, 1.82) is 0 Å². The minimum atomic E-state index is -0.773. The van der Waals surface area contributed by atoms with Gasteiger partial charge in [0.2, 0.25) is 11.7 Å². The molecule has 7 nitrogen and oxygen atoms in total. The van der Waals surface area contributed by atoms with Crippen LogP contribution >= 0.6 is 0 Å². The molecule has 3 aromatic carbocycles. The van der Waals surface area contributed by atoms with Crippen molar-refractivity contribution in [3.8, 4) is 11.5 Å². The van der Waals surface area contributed by atoms with Crippen LogP contribution in [0.4, 0.5) is 5.95 Å². The number of rotatable bonds is 4. The van der Waals surface area contributed by atoms with Crippen LogP contribution in [0.3, 0.4) is 0 Å². The lowest BCUT2D eigenvalue weighted by Crippen LogP contribution is -2.31. The maximum absolute atomic E-state index is 13.6. The van der Waals surface area contributed by atoms with Crippen LogP contribution in [0.5, 0.6) is 11.5 Å². The molecule has 1 atom stereocenters. The molecule has 1 aliphatic rings. The smallest absolute Gasteiger partial charge is 0.297 e. The van der Waals surface area contributed by atoms with E-state index in [9.17, 15) is 9.59 Å². The second-order valence-electron chi connectivity index (χ2n) is 7.78.